The highest BCUT2D eigenvalue weighted by Crippen LogP contribution is 2.30. The number of nitrogens with one attached hydrogen (secondary N) is 2. The van der Waals surface area contributed by atoms with Gasteiger partial charge in [-0.05, 0) is 88.8 Å². The molecule has 3 rings (SSSR count). The van der Waals surface area contributed by atoms with Crippen molar-refractivity contribution in [2.45, 2.75) is 92.0 Å². The average molecular weight is 560 g/mol. The number of carbonyl (C=O) groups is 3. The van der Waals surface area contributed by atoms with Crippen molar-refractivity contribution in [1.82, 2.24) is 10.2 Å². The minimum Gasteiger partial charge on any atom is -0.444 e. The molecule has 0 aliphatic heterocycles. The SMILES string of the molecule is Cc1cccc(C(C(=O)Nc2ccc3ccccc3c2)N(C(=O)C(C)NC(=O)OC(C)(C)C)C(C)CCC(C)C)c1. The molecule has 0 aliphatic carbocycles. The fourth-order valence-corrected chi connectivity index (χ4v) is 4.84. The minimum atomic E-state index is -0.918. The number of benzene rings is 3. The normalized spacial score (nSPS) is 13.8. The number of nitrogens with zero attached hydrogens (tertiary/aromatic N) is 1. The van der Waals surface area contributed by atoms with Crippen molar-refractivity contribution in [2.24, 2.45) is 5.92 Å². The minimum absolute atomic E-state index is 0.277. The van der Waals surface area contributed by atoms with Crippen molar-refractivity contribution in [3.8, 4) is 0 Å². The molecule has 41 heavy (non-hydrogen) atoms. The van der Waals surface area contributed by atoms with Crippen LogP contribution in [0.2, 0.25) is 0 Å². The van der Waals surface area contributed by atoms with Gasteiger partial charge in [-0.25, -0.2) is 4.79 Å². The van der Waals surface area contributed by atoms with E-state index < -0.39 is 23.8 Å². The standard InChI is InChI=1S/C34H45N3O4/c1-22(2)16-17-24(4)37(32(39)25(5)35-33(40)41-34(6,7)8)30(28-15-11-12-23(3)20-28)31(38)36-29-19-18-26-13-9-10-14-27(26)21-29/h9-15,18-22,24-25,30H,16-17H2,1-8H3,(H,35,40)(H,36,38). The van der Waals surface area contributed by atoms with Crippen molar-refractivity contribution in [2.75, 3.05) is 5.32 Å². The van der Waals surface area contributed by atoms with Gasteiger partial charge in [0.05, 0.1) is 0 Å². The topological polar surface area (TPSA) is 87.7 Å². The largest absolute Gasteiger partial charge is 0.444 e. The van der Waals surface area contributed by atoms with Crippen LogP contribution in [0.25, 0.3) is 10.8 Å². The molecule has 7 nitrogen and oxygen atoms in total. The van der Waals surface area contributed by atoms with Crippen LogP contribution >= 0.6 is 0 Å². The van der Waals surface area contributed by atoms with Crippen molar-refractivity contribution in [3.05, 3.63) is 77.9 Å². The van der Waals surface area contributed by atoms with Gasteiger partial charge in [0.15, 0.2) is 0 Å². The van der Waals surface area contributed by atoms with Gasteiger partial charge in [0.1, 0.15) is 17.7 Å². The van der Waals surface area contributed by atoms with Gasteiger partial charge in [-0.2, -0.15) is 0 Å². The lowest BCUT2D eigenvalue weighted by atomic mass is 9.96. The van der Waals surface area contributed by atoms with E-state index in [9.17, 15) is 14.4 Å². The highest BCUT2D eigenvalue weighted by atomic mass is 16.6. The summed E-state index contributed by atoms with van der Waals surface area (Å²) in [7, 11) is 0. The van der Waals surface area contributed by atoms with Crippen molar-refractivity contribution < 1.29 is 19.1 Å². The summed E-state index contributed by atoms with van der Waals surface area (Å²) in [5, 5.41) is 7.83. The lowest BCUT2D eigenvalue weighted by molar-refractivity contribution is -0.143. The third-order valence-corrected chi connectivity index (χ3v) is 6.90. The Hall–Kier alpha value is -3.87. The predicted molar refractivity (Wildman–Crippen MR) is 166 cm³/mol. The number of amides is 3. The Morgan fingerprint density at radius 1 is 0.854 bits per heavy atom. The van der Waals surface area contributed by atoms with Gasteiger partial charge >= 0.3 is 6.09 Å². The lowest BCUT2D eigenvalue weighted by Gasteiger charge is -2.38. The van der Waals surface area contributed by atoms with Gasteiger partial charge < -0.3 is 20.3 Å². The molecule has 0 aliphatic rings. The van der Waals surface area contributed by atoms with Crippen LogP contribution in [-0.2, 0) is 14.3 Å². The molecule has 3 unspecified atom stereocenters. The molecule has 0 saturated heterocycles. The van der Waals surface area contributed by atoms with Crippen LogP contribution in [0.5, 0.6) is 0 Å². The van der Waals surface area contributed by atoms with Crippen LogP contribution in [0, 0.1) is 12.8 Å². The third-order valence-electron chi connectivity index (χ3n) is 6.90. The first kappa shape index (κ1) is 31.7. The molecule has 0 bridgehead atoms. The zero-order valence-electron chi connectivity index (χ0n) is 25.7. The number of alkyl carbamates (subject to hydrolysis) is 1. The summed E-state index contributed by atoms with van der Waals surface area (Å²) in [4.78, 5) is 42.5. The van der Waals surface area contributed by atoms with Gasteiger partial charge in [-0.15, -0.1) is 0 Å². The summed E-state index contributed by atoms with van der Waals surface area (Å²) in [6.07, 6.45) is 0.903. The van der Waals surface area contributed by atoms with Gasteiger partial charge in [0, 0.05) is 11.7 Å². The summed E-state index contributed by atoms with van der Waals surface area (Å²) in [5.74, 6) is -0.247. The molecule has 7 heteroatoms. The Balaban J connectivity index is 2.02. The smallest absolute Gasteiger partial charge is 0.408 e. The van der Waals surface area contributed by atoms with Crippen LogP contribution in [0.4, 0.5) is 10.5 Å². The van der Waals surface area contributed by atoms with Crippen LogP contribution in [0.15, 0.2) is 66.7 Å². The van der Waals surface area contributed by atoms with Crippen molar-refractivity contribution >= 4 is 34.4 Å². The maximum Gasteiger partial charge on any atom is 0.408 e. The van der Waals surface area contributed by atoms with Crippen LogP contribution in [0.1, 0.15) is 78.5 Å². The highest BCUT2D eigenvalue weighted by molar-refractivity contribution is 6.00. The fraction of sp³-hybridized carbons (Fsp3) is 0.441. The summed E-state index contributed by atoms with van der Waals surface area (Å²) >= 11 is 0. The highest BCUT2D eigenvalue weighted by Gasteiger charge is 2.37. The Labute approximate surface area is 244 Å². The second-order valence-corrected chi connectivity index (χ2v) is 12.3. The molecule has 3 aromatic rings. The lowest BCUT2D eigenvalue weighted by Crippen LogP contribution is -2.54. The Bertz CT molecular complexity index is 1360. The van der Waals surface area contributed by atoms with Crippen LogP contribution < -0.4 is 10.6 Å². The molecular formula is C34H45N3O4. The van der Waals surface area contributed by atoms with E-state index in [0.29, 0.717) is 23.6 Å². The summed E-state index contributed by atoms with van der Waals surface area (Å²) < 4.78 is 5.40. The third kappa shape index (κ3) is 9.07. The number of anilines is 1. The number of carbonyl (C=O) groups excluding carboxylic acids is 3. The Kier molecular flexibility index (Phi) is 10.5. The quantitative estimate of drug-likeness (QED) is 0.271. The molecular weight excluding hydrogens is 514 g/mol. The molecule has 0 fully saturated rings. The molecule has 0 spiro atoms. The number of fused-ring (bicyclic) bond motifs is 1. The van der Waals surface area contributed by atoms with E-state index in [1.807, 2.05) is 80.6 Å². The first-order valence-corrected chi connectivity index (χ1v) is 14.4. The number of hydrogen-bond donors (Lipinski definition) is 2. The molecule has 0 saturated carbocycles. The van der Waals surface area contributed by atoms with E-state index in [1.54, 1.807) is 32.6 Å². The van der Waals surface area contributed by atoms with Crippen LogP contribution in [0.3, 0.4) is 0 Å². The van der Waals surface area contributed by atoms with E-state index in [0.717, 1.165) is 22.8 Å². The number of aryl methyl sites for hydroxylation is 1. The van der Waals surface area contributed by atoms with Crippen LogP contribution in [-0.4, -0.2) is 40.5 Å². The summed E-state index contributed by atoms with van der Waals surface area (Å²) in [5.41, 5.74) is 1.63. The summed E-state index contributed by atoms with van der Waals surface area (Å²) in [6, 6.07) is 19.3. The molecule has 2 N–H and O–H groups in total. The number of ether oxygens (including phenoxy) is 1. The maximum atomic E-state index is 14.2. The first-order valence-electron chi connectivity index (χ1n) is 14.4. The van der Waals surface area contributed by atoms with Gasteiger partial charge in [0.25, 0.3) is 5.91 Å². The molecule has 3 aromatic carbocycles. The predicted octanol–water partition coefficient (Wildman–Crippen LogP) is 7.39. The Morgan fingerprint density at radius 3 is 2.17 bits per heavy atom. The second-order valence-electron chi connectivity index (χ2n) is 12.3. The fourth-order valence-electron chi connectivity index (χ4n) is 4.84. The number of hydrogen-bond acceptors (Lipinski definition) is 4. The Morgan fingerprint density at radius 2 is 1.54 bits per heavy atom. The summed E-state index contributed by atoms with van der Waals surface area (Å²) in [6.45, 7) is 15.1. The zero-order valence-corrected chi connectivity index (χ0v) is 25.7. The van der Waals surface area contributed by atoms with E-state index in [-0.39, 0.29) is 17.9 Å². The van der Waals surface area contributed by atoms with Gasteiger partial charge in [-0.3, -0.25) is 9.59 Å². The molecule has 0 radical (unpaired) electrons. The first-order chi connectivity index (χ1) is 19.2. The van der Waals surface area contributed by atoms with E-state index in [2.05, 4.69) is 24.5 Å². The maximum absolute atomic E-state index is 14.2. The van der Waals surface area contributed by atoms with E-state index >= 15 is 0 Å². The van der Waals surface area contributed by atoms with Crippen molar-refractivity contribution in [1.29, 1.82) is 0 Å². The number of rotatable bonds is 10. The molecule has 3 atom stereocenters. The average Bonchev–Trinajstić information content (AvgIpc) is 2.88. The molecule has 220 valence electrons. The molecule has 3 amide bonds. The van der Waals surface area contributed by atoms with Gasteiger partial charge in [0.2, 0.25) is 5.91 Å². The molecule has 0 heterocycles. The van der Waals surface area contributed by atoms with E-state index in [1.165, 1.54) is 0 Å². The second kappa shape index (κ2) is 13.7. The van der Waals surface area contributed by atoms with E-state index in [4.69, 9.17) is 4.74 Å². The monoisotopic (exact) mass is 559 g/mol. The van der Waals surface area contributed by atoms with Gasteiger partial charge in [-0.1, -0.05) is 74.0 Å². The molecule has 0 aromatic heterocycles. The van der Waals surface area contributed by atoms with Crippen molar-refractivity contribution in [3.63, 3.8) is 0 Å². The zero-order chi connectivity index (χ0) is 30.3.